The molecule has 1 rings (SSSR count). The number of rotatable bonds is 4. The van der Waals surface area contributed by atoms with Crippen LogP contribution in [0.4, 0.5) is 4.79 Å². The first-order valence-corrected chi connectivity index (χ1v) is 6.85. The molecule has 3 N–H and O–H groups in total. The number of hydrogen-bond acceptors (Lipinski definition) is 4. The predicted octanol–water partition coefficient (Wildman–Crippen LogP) is -0.668. The van der Waals surface area contributed by atoms with E-state index >= 15 is 0 Å². The first-order valence-electron chi connectivity index (χ1n) is 6.85. The Kier molecular flexibility index (Phi) is 5.54. The summed E-state index contributed by atoms with van der Waals surface area (Å²) in [6.45, 7) is 1.78. The summed E-state index contributed by atoms with van der Waals surface area (Å²) in [5, 5.41) is 20.8. The number of carbonyl (C=O) groups excluding carboxylic acids is 2. The van der Waals surface area contributed by atoms with Gasteiger partial charge in [0.2, 0.25) is 5.91 Å². The number of piperidine rings is 1. The van der Waals surface area contributed by atoms with Gasteiger partial charge in [0.05, 0.1) is 6.54 Å². The van der Waals surface area contributed by atoms with Gasteiger partial charge in [0.15, 0.2) is 5.60 Å². The zero-order valence-corrected chi connectivity index (χ0v) is 12.6. The molecule has 0 aliphatic carbocycles. The lowest BCUT2D eigenvalue weighted by Crippen LogP contribution is -2.50. The average molecular weight is 301 g/mol. The van der Waals surface area contributed by atoms with Crippen molar-refractivity contribution in [3.8, 4) is 0 Å². The Morgan fingerprint density at radius 1 is 1.29 bits per heavy atom. The van der Waals surface area contributed by atoms with Crippen molar-refractivity contribution in [2.45, 2.75) is 25.4 Å². The lowest BCUT2D eigenvalue weighted by Gasteiger charge is -2.33. The van der Waals surface area contributed by atoms with E-state index in [4.69, 9.17) is 5.11 Å². The van der Waals surface area contributed by atoms with Gasteiger partial charge in [0, 0.05) is 33.1 Å². The van der Waals surface area contributed by atoms with Crippen molar-refractivity contribution in [2.24, 2.45) is 5.92 Å². The number of nitrogens with one attached hydrogen (secondary N) is 1. The van der Waals surface area contributed by atoms with Crippen LogP contribution in [0.5, 0.6) is 0 Å². The van der Waals surface area contributed by atoms with E-state index in [2.05, 4.69) is 5.32 Å². The highest BCUT2D eigenvalue weighted by Gasteiger charge is 2.33. The van der Waals surface area contributed by atoms with Crippen LogP contribution in [0.2, 0.25) is 0 Å². The van der Waals surface area contributed by atoms with Crippen molar-refractivity contribution in [3.05, 3.63) is 0 Å². The van der Waals surface area contributed by atoms with Crippen molar-refractivity contribution in [1.82, 2.24) is 15.1 Å². The maximum Gasteiger partial charge on any atom is 0.337 e. The third-order valence-corrected chi connectivity index (χ3v) is 3.59. The van der Waals surface area contributed by atoms with Crippen LogP contribution in [0.3, 0.4) is 0 Å². The van der Waals surface area contributed by atoms with Crippen LogP contribution in [0.1, 0.15) is 19.8 Å². The Morgan fingerprint density at radius 3 is 2.24 bits per heavy atom. The van der Waals surface area contributed by atoms with E-state index in [9.17, 15) is 19.5 Å². The van der Waals surface area contributed by atoms with E-state index < -0.39 is 11.6 Å². The van der Waals surface area contributed by atoms with Crippen molar-refractivity contribution in [3.63, 3.8) is 0 Å². The van der Waals surface area contributed by atoms with Gasteiger partial charge in [0.25, 0.3) is 0 Å². The van der Waals surface area contributed by atoms with Crippen molar-refractivity contribution >= 4 is 17.9 Å². The molecule has 1 heterocycles. The van der Waals surface area contributed by atoms with E-state index in [1.165, 1.54) is 4.90 Å². The third-order valence-electron chi connectivity index (χ3n) is 3.59. The molecule has 0 bridgehead atoms. The Labute approximate surface area is 123 Å². The number of likely N-dealkylation sites (tertiary alicyclic amines) is 1. The molecule has 1 saturated heterocycles. The molecule has 0 aromatic heterocycles. The molecule has 1 fully saturated rings. The molecular formula is C13H23N3O5. The molecule has 1 atom stereocenters. The topological polar surface area (TPSA) is 110 Å². The number of carboxylic acids is 1. The van der Waals surface area contributed by atoms with Gasteiger partial charge in [-0.2, -0.15) is 0 Å². The molecule has 1 aliphatic rings. The van der Waals surface area contributed by atoms with Gasteiger partial charge in [-0.25, -0.2) is 9.59 Å². The number of nitrogens with zero attached hydrogens (tertiary/aromatic N) is 2. The molecule has 0 aromatic carbocycles. The molecular weight excluding hydrogens is 278 g/mol. The van der Waals surface area contributed by atoms with Gasteiger partial charge in [-0.05, 0) is 19.8 Å². The SMILES string of the molecule is CN(C)C(=O)N1CCC(C(=O)NCC(C)(O)C(=O)O)CC1. The Hall–Kier alpha value is -1.83. The van der Waals surface area contributed by atoms with Crippen LogP contribution < -0.4 is 5.32 Å². The summed E-state index contributed by atoms with van der Waals surface area (Å²) in [7, 11) is 3.35. The van der Waals surface area contributed by atoms with Gasteiger partial charge >= 0.3 is 12.0 Å². The number of hydrogen-bond donors (Lipinski definition) is 3. The van der Waals surface area contributed by atoms with Gasteiger partial charge in [0.1, 0.15) is 0 Å². The zero-order valence-electron chi connectivity index (χ0n) is 12.6. The third kappa shape index (κ3) is 4.59. The summed E-state index contributed by atoms with van der Waals surface area (Å²) in [6, 6.07) is -0.0809. The standard InChI is InChI=1S/C13H23N3O5/c1-13(21,11(18)19)8-14-10(17)9-4-6-16(7-5-9)12(20)15(2)3/h9,21H,4-8H2,1-3H3,(H,14,17)(H,18,19). The zero-order chi connectivity index (χ0) is 16.2. The molecule has 120 valence electrons. The first-order chi connectivity index (χ1) is 9.65. The smallest absolute Gasteiger partial charge is 0.337 e. The molecule has 0 radical (unpaired) electrons. The Bertz CT molecular complexity index is 414. The van der Waals surface area contributed by atoms with Gasteiger partial charge in [-0.1, -0.05) is 0 Å². The summed E-state index contributed by atoms with van der Waals surface area (Å²) in [5.74, 6) is -1.93. The molecule has 1 unspecified atom stereocenters. The largest absolute Gasteiger partial charge is 0.479 e. The van der Waals surface area contributed by atoms with E-state index in [1.807, 2.05) is 0 Å². The maximum absolute atomic E-state index is 11.9. The van der Waals surface area contributed by atoms with Crippen LogP contribution in [0, 0.1) is 5.92 Å². The number of aliphatic carboxylic acids is 1. The Morgan fingerprint density at radius 2 is 1.81 bits per heavy atom. The summed E-state index contributed by atoms with van der Waals surface area (Å²) < 4.78 is 0. The fourth-order valence-electron chi connectivity index (χ4n) is 2.09. The molecule has 0 aromatic rings. The second-order valence-electron chi connectivity index (χ2n) is 5.74. The number of carbonyl (C=O) groups is 3. The first kappa shape index (κ1) is 17.2. The average Bonchev–Trinajstić information content (AvgIpc) is 2.44. The summed E-state index contributed by atoms with van der Waals surface area (Å²) in [5.41, 5.74) is -1.97. The van der Waals surface area contributed by atoms with Gasteiger partial charge < -0.3 is 25.3 Å². The minimum Gasteiger partial charge on any atom is -0.479 e. The van der Waals surface area contributed by atoms with Crippen LogP contribution >= 0.6 is 0 Å². The highest BCUT2D eigenvalue weighted by Crippen LogP contribution is 2.18. The predicted molar refractivity (Wildman–Crippen MR) is 74.6 cm³/mol. The van der Waals surface area contributed by atoms with E-state index in [1.54, 1.807) is 19.0 Å². The van der Waals surface area contributed by atoms with Gasteiger partial charge in [-0.15, -0.1) is 0 Å². The molecule has 8 heteroatoms. The highest BCUT2D eigenvalue weighted by molar-refractivity contribution is 5.82. The molecule has 8 nitrogen and oxygen atoms in total. The van der Waals surface area contributed by atoms with Crippen LogP contribution in [0.15, 0.2) is 0 Å². The van der Waals surface area contributed by atoms with Crippen LogP contribution in [0.25, 0.3) is 0 Å². The highest BCUT2D eigenvalue weighted by atomic mass is 16.4. The van der Waals surface area contributed by atoms with Crippen LogP contribution in [-0.2, 0) is 9.59 Å². The molecule has 3 amide bonds. The monoisotopic (exact) mass is 301 g/mol. The minimum atomic E-state index is -1.97. The fourth-order valence-corrected chi connectivity index (χ4v) is 2.09. The fraction of sp³-hybridized carbons (Fsp3) is 0.769. The van der Waals surface area contributed by atoms with Gasteiger partial charge in [-0.3, -0.25) is 4.79 Å². The second kappa shape index (κ2) is 6.75. The lowest BCUT2D eigenvalue weighted by atomic mass is 9.95. The summed E-state index contributed by atoms with van der Waals surface area (Å²) in [4.78, 5) is 37.6. The number of amides is 3. The van der Waals surface area contributed by atoms with Crippen LogP contribution in [-0.4, -0.2) is 77.3 Å². The minimum absolute atomic E-state index is 0.0809. The summed E-state index contributed by atoms with van der Waals surface area (Å²) >= 11 is 0. The number of aliphatic hydroxyl groups is 1. The summed E-state index contributed by atoms with van der Waals surface area (Å²) in [6.07, 6.45) is 1.06. The Balaban J connectivity index is 2.42. The molecule has 0 spiro atoms. The number of urea groups is 1. The molecule has 0 saturated carbocycles. The van der Waals surface area contributed by atoms with Crippen molar-refractivity contribution < 1.29 is 24.6 Å². The van der Waals surface area contributed by atoms with E-state index in [0.717, 1.165) is 6.92 Å². The quantitative estimate of drug-likeness (QED) is 0.638. The molecule has 1 aliphatic heterocycles. The normalized spacial score (nSPS) is 18.8. The number of carboxylic acid groups (broad SMARTS) is 1. The second-order valence-corrected chi connectivity index (χ2v) is 5.74. The lowest BCUT2D eigenvalue weighted by molar-refractivity contribution is -0.156. The molecule has 21 heavy (non-hydrogen) atoms. The van der Waals surface area contributed by atoms with E-state index in [0.29, 0.717) is 25.9 Å². The van der Waals surface area contributed by atoms with E-state index in [-0.39, 0.29) is 24.4 Å². The maximum atomic E-state index is 11.9. The van der Waals surface area contributed by atoms with Crippen molar-refractivity contribution in [2.75, 3.05) is 33.7 Å². The van der Waals surface area contributed by atoms with Crippen molar-refractivity contribution in [1.29, 1.82) is 0 Å².